The molecule has 26 heavy (non-hydrogen) atoms. The number of esters is 1. The standard InChI is InChI=1S/C17H16ClFN2O4S/c1-3-25-17(24)13-8(2)14(15(20)23)26-16(13)21-12(22)7-9-10(18)5-4-6-11(9)19/h4-6H,3,7H2,1-2H3,(H2,20,23)(H,21,22). The molecule has 0 saturated carbocycles. The zero-order valence-electron chi connectivity index (χ0n) is 14.0. The molecule has 0 saturated heterocycles. The van der Waals surface area contributed by atoms with Gasteiger partial charge in [0.15, 0.2) is 0 Å². The molecule has 0 unspecified atom stereocenters. The Hall–Kier alpha value is -2.45. The summed E-state index contributed by atoms with van der Waals surface area (Å²) >= 11 is 6.78. The van der Waals surface area contributed by atoms with E-state index in [1.165, 1.54) is 25.1 Å². The van der Waals surface area contributed by atoms with Crippen molar-refractivity contribution in [1.29, 1.82) is 0 Å². The van der Waals surface area contributed by atoms with Gasteiger partial charge in [-0.15, -0.1) is 11.3 Å². The summed E-state index contributed by atoms with van der Waals surface area (Å²) in [5, 5.41) is 2.75. The molecule has 0 aliphatic carbocycles. The highest BCUT2D eigenvalue weighted by Crippen LogP contribution is 2.33. The lowest BCUT2D eigenvalue weighted by molar-refractivity contribution is -0.115. The van der Waals surface area contributed by atoms with Crippen LogP contribution in [0.15, 0.2) is 18.2 Å². The molecule has 2 aromatic rings. The van der Waals surface area contributed by atoms with Crippen molar-refractivity contribution >= 4 is 45.7 Å². The lowest BCUT2D eigenvalue weighted by Crippen LogP contribution is -2.17. The van der Waals surface area contributed by atoms with Crippen LogP contribution in [0.5, 0.6) is 0 Å². The number of carbonyl (C=O) groups excluding carboxylic acids is 3. The van der Waals surface area contributed by atoms with Gasteiger partial charge in [-0.3, -0.25) is 9.59 Å². The Bertz CT molecular complexity index is 862. The van der Waals surface area contributed by atoms with Gasteiger partial charge in [0.05, 0.1) is 23.5 Å². The molecular weight excluding hydrogens is 383 g/mol. The molecule has 0 spiro atoms. The van der Waals surface area contributed by atoms with Crippen molar-refractivity contribution in [3.05, 3.63) is 50.6 Å². The van der Waals surface area contributed by atoms with Gasteiger partial charge in [0.1, 0.15) is 10.8 Å². The topological polar surface area (TPSA) is 98.5 Å². The summed E-state index contributed by atoms with van der Waals surface area (Å²) in [6.45, 7) is 3.29. The highest BCUT2D eigenvalue weighted by atomic mass is 35.5. The van der Waals surface area contributed by atoms with Crippen LogP contribution in [0, 0.1) is 12.7 Å². The normalized spacial score (nSPS) is 10.5. The minimum atomic E-state index is -0.726. The second kappa shape index (κ2) is 8.29. The second-order valence-corrected chi connectivity index (χ2v) is 6.70. The van der Waals surface area contributed by atoms with Gasteiger partial charge in [-0.2, -0.15) is 0 Å². The van der Waals surface area contributed by atoms with E-state index in [1.807, 2.05) is 0 Å². The number of nitrogens with one attached hydrogen (secondary N) is 1. The molecule has 0 bridgehead atoms. The summed E-state index contributed by atoms with van der Waals surface area (Å²) in [5.41, 5.74) is 5.71. The van der Waals surface area contributed by atoms with Crippen LogP contribution in [-0.2, 0) is 16.0 Å². The fourth-order valence-corrected chi connectivity index (χ4v) is 3.61. The Morgan fingerprint density at radius 1 is 1.35 bits per heavy atom. The van der Waals surface area contributed by atoms with Gasteiger partial charge >= 0.3 is 5.97 Å². The number of thiophene rings is 1. The van der Waals surface area contributed by atoms with Gasteiger partial charge < -0.3 is 15.8 Å². The summed E-state index contributed by atoms with van der Waals surface area (Å²) in [5.74, 6) is -2.62. The average molecular weight is 399 g/mol. The number of primary amides is 1. The molecular formula is C17H16ClFN2O4S. The van der Waals surface area contributed by atoms with E-state index in [9.17, 15) is 18.8 Å². The molecule has 2 rings (SSSR count). The van der Waals surface area contributed by atoms with E-state index in [1.54, 1.807) is 6.92 Å². The van der Waals surface area contributed by atoms with Crippen molar-refractivity contribution in [2.45, 2.75) is 20.3 Å². The first-order valence-electron chi connectivity index (χ1n) is 7.59. The average Bonchev–Trinajstić information content (AvgIpc) is 2.88. The van der Waals surface area contributed by atoms with Crippen molar-refractivity contribution in [3.8, 4) is 0 Å². The summed E-state index contributed by atoms with van der Waals surface area (Å²) in [6.07, 6.45) is -0.337. The first-order valence-corrected chi connectivity index (χ1v) is 8.78. The van der Waals surface area contributed by atoms with Gasteiger partial charge in [0.25, 0.3) is 5.91 Å². The van der Waals surface area contributed by atoms with Crippen molar-refractivity contribution < 1.29 is 23.5 Å². The van der Waals surface area contributed by atoms with Crippen LogP contribution in [-0.4, -0.2) is 24.4 Å². The fraction of sp³-hybridized carbons (Fsp3) is 0.235. The molecule has 0 radical (unpaired) electrons. The maximum absolute atomic E-state index is 13.8. The predicted molar refractivity (Wildman–Crippen MR) is 97.3 cm³/mol. The van der Waals surface area contributed by atoms with E-state index >= 15 is 0 Å². The molecule has 1 aromatic heterocycles. The number of amides is 2. The van der Waals surface area contributed by atoms with Crippen LogP contribution in [0.4, 0.5) is 9.39 Å². The Labute approximate surface area is 158 Å². The van der Waals surface area contributed by atoms with Gasteiger partial charge in [-0.25, -0.2) is 9.18 Å². The highest BCUT2D eigenvalue weighted by molar-refractivity contribution is 7.18. The van der Waals surface area contributed by atoms with Crippen LogP contribution >= 0.6 is 22.9 Å². The largest absolute Gasteiger partial charge is 0.462 e. The van der Waals surface area contributed by atoms with Crippen molar-refractivity contribution in [3.63, 3.8) is 0 Å². The minimum absolute atomic E-state index is 0.0350. The third-order valence-corrected chi connectivity index (χ3v) is 5.08. The lowest BCUT2D eigenvalue weighted by atomic mass is 10.1. The number of hydrogen-bond acceptors (Lipinski definition) is 5. The number of carbonyl (C=O) groups is 3. The van der Waals surface area contributed by atoms with Gasteiger partial charge in [0, 0.05) is 10.6 Å². The zero-order valence-corrected chi connectivity index (χ0v) is 15.6. The highest BCUT2D eigenvalue weighted by Gasteiger charge is 2.26. The lowest BCUT2D eigenvalue weighted by Gasteiger charge is -2.08. The Balaban J connectivity index is 2.33. The summed E-state index contributed by atoms with van der Waals surface area (Å²) in [4.78, 5) is 36.1. The molecule has 138 valence electrons. The third-order valence-electron chi connectivity index (χ3n) is 3.50. The molecule has 2 amide bonds. The number of ether oxygens (including phenoxy) is 1. The Morgan fingerprint density at radius 3 is 2.62 bits per heavy atom. The summed E-state index contributed by atoms with van der Waals surface area (Å²) < 4.78 is 18.8. The number of nitrogens with two attached hydrogens (primary N) is 1. The minimum Gasteiger partial charge on any atom is -0.462 e. The van der Waals surface area contributed by atoms with E-state index in [4.69, 9.17) is 22.1 Å². The first kappa shape index (κ1) is 19.9. The van der Waals surface area contributed by atoms with E-state index < -0.39 is 23.6 Å². The fourth-order valence-electron chi connectivity index (χ4n) is 2.32. The molecule has 3 N–H and O–H groups in total. The molecule has 0 aliphatic heterocycles. The first-order chi connectivity index (χ1) is 12.3. The van der Waals surface area contributed by atoms with Crippen LogP contribution in [0.3, 0.4) is 0 Å². The Kier molecular flexibility index (Phi) is 6.33. The third kappa shape index (κ3) is 4.20. The van der Waals surface area contributed by atoms with Gasteiger partial charge in [-0.1, -0.05) is 17.7 Å². The number of anilines is 1. The number of halogens is 2. The molecule has 0 atom stereocenters. The van der Waals surface area contributed by atoms with E-state index in [-0.39, 0.29) is 39.1 Å². The number of benzene rings is 1. The maximum Gasteiger partial charge on any atom is 0.341 e. The SMILES string of the molecule is CCOC(=O)c1c(NC(=O)Cc2c(F)cccc2Cl)sc(C(N)=O)c1C. The van der Waals surface area contributed by atoms with E-state index in [0.717, 1.165) is 11.3 Å². The molecule has 6 nitrogen and oxygen atoms in total. The van der Waals surface area contributed by atoms with Gasteiger partial charge in [-0.05, 0) is 31.5 Å². The van der Waals surface area contributed by atoms with Crippen molar-refractivity contribution in [1.82, 2.24) is 0 Å². The second-order valence-electron chi connectivity index (χ2n) is 5.27. The van der Waals surface area contributed by atoms with Crippen LogP contribution < -0.4 is 11.1 Å². The van der Waals surface area contributed by atoms with Crippen LogP contribution in [0.1, 0.15) is 38.1 Å². The number of rotatable bonds is 6. The van der Waals surface area contributed by atoms with Crippen molar-refractivity contribution in [2.75, 3.05) is 11.9 Å². The molecule has 1 aromatic carbocycles. The van der Waals surface area contributed by atoms with Crippen LogP contribution in [0.25, 0.3) is 0 Å². The summed E-state index contributed by atoms with van der Waals surface area (Å²) in [7, 11) is 0. The molecule has 0 aliphatic rings. The number of hydrogen-bond donors (Lipinski definition) is 2. The Morgan fingerprint density at radius 2 is 2.04 bits per heavy atom. The maximum atomic E-state index is 13.8. The molecule has 1 heterocycles. The smallest absolute Gasteiger partial charge is 0.341 e. The molecule has 0 fully saturated rings. The van der Waals surface area contributed by atoms with E-state index in [0.29, 0.717) is 5.56 Å². The zero-order chi connectivity index (χ0) is 19.4. The van der Waals surface area contributed by atoms with Crippen molar-refractivity contribution in [2.24, 2.45) is 5.73 Å². The monoisotopic (exact) mass is 398 g/mol. The quantitative estimate of drug-likeness (QED) is 0.729. The molecule has 9 heteroatoms. The van der Waals surface area contributed by atoms with E-state index in [2.05, 4.69) is 5.32 Å². The predicted octanol–water partition coefficient (Wildman–Crippen LogP) is 3.31. The summed E-state index contributed by atoms with van der Waals surface area (Å²) in [6, 6.07) is 4.09. The van der Waals surface area contributed by atoms with Crippen LogP contribution in [0.2, 0.25) is 5.02 Å². The van der Waals surface area contributed by atoms with Gasteiger partial charge in [0.2, 0.25) is 5.91 Å².